The van der Waals surface area contributed by atoms with Crippen molar-refractivity contribution in [2.24, 2.45) is 0 Å². The molecule has 3 atom stereocenters. The summed E-state index contributed by atoms with van der Waals surface area (Å²) in [7, 11) is 0. The average molecular weight is 259 g/mol. The van der Waals surface area contributed by atoms with Gasteiger partial charge in [0.05, 0.1) is 12.1 Å². The van der Waals surface area contributed by atoms with Crippen LogP contribution in [-0.4, -0.2) is 45.9 Å². The van der Waals surface area contributed by atoms with Gasteiger partial charge in [0.1, 0.15) is 5.71 Å². The zero-order valence-electron chi connectivity index (χ0n) is 9.23. The van der Waals surface area contributed by atoms with Gasteiger partial charge >= 0.3 is 12.0 Å². The molecule has 0 aromatic carbocycles. The SMILES string of the molecule is N=C(CCC[C@@H]1SC[C@@H]2NC(=O)N[C@@H]21)[14C](=O)O. The monoisotopic (exact) mass is 259 g/mol. The number of nitrogens with one attached hydrogen (secondary N) is 3. The summed E-state index contributed by atoms with van der Waals surface area (Å²) in [6, 6.07) is 0.256. The molecule has 4 N–H and O–H groups in total. The first-order chi connectivity index (χ1) is 8.08. The van der Waals surface area contributed by atoms with Crippen molar-refractivity contribution in [1.29, 1.82) is 5.41 Å². The van der Waals surface area contributed by atoms with E-state index in [4.69, 9.17) is 10.5 Å². The van der Waals surface area contributed by atoms with Crippen LogP contribution in [0.1, 0.15) is 19.3 Å². The summed E-state index contributed by atoms with van der Waals surface area (Å²) in [6.45, 7) is 0. The summed E-state index contributed by atoms with van der Waals surface area (Å²) < 4.78 is 0. The van der Waals surface area contributed by atoms with Crippen molar-refractivity contribution < 1.29 is 14.7 Å². The molecule has 2 heterocycles. The summed E-state index contributed by atoms with van der Waals surface area (Å²) in [5, 5.41) is 21.8. The predicted molar refractivity (Wildman–Crippen MR) is 64.7 cm³/mol. The number of thioether (sulfide) groups is 1. The van der Waals surface area contributed by atoms with Crippen molar-refractivity contribution in [1.82, 2.24) is 10.6 Å². The molecule has 0 aromatic rings. The Morgan fingerprint density at radius 2 is 2.35 bits per heavy atom. The van der Waals surface area contributed by atoms with Crippen molar-refractivity contribution in [3.8, 4) is 0 Å². The second kappa shape index (κ2) is 4.95. The second-order valence-corrected chi connectivity index (χ2v) is 5.57. The zero-order chi connectivity index (χ0) is 12.4. The van der Waals surface area contributed by atoms with Gasteiger partial charge in [0.2, 0.25) is 0 Å². The predicted octanol–water partition coefficient (Wildman–Crippen LogP) is 0.426. The molecule has 0 bridgehead atoms. The fourth-order valence-electron chi connectivity index (χ4n) is 2.23. The largest absolute Gasteiger partial charge is 0.477 e. The molecule has 94 valence electrons. The highest BCUT2D eigenvalue weighted by molar-refractivity contribution is 8.00. The molecule has 7 heteroatoms. The van der Waals surface area contributed by atoms with Gasteiger partial charge in [-0.05, 0) is 19.3 Å². The van der Waals surface area contributed by atoms with Gasteiger partial charge in [-0.3, -0.25) is 5.41 Å². The molecule has 6 nitrogen and oxygen atoms in total. The number of urea groups is 1. The van der Waals surface area contributed by atoms with Gasteiger partial charge in [-0.2, -0.15) is 11.8 Å². The van der Waals surface area contributed by atoms with Crippen molar-refractivity contribution in [2.45, 2.75) is 36.6 Å². The molecule has 0 spiro atoms. The summed E-state index contributed by atoms with van der Waals surface area (Å²) in [4.78, 5) is 21.6. The van der Waals surface area contributed by atoms with Gasteiger partial charge in [0.15, 0.2) is 0 Å². The Bertz CT molecular complexity index is 361. The van der Waals surface area contributed by atoms with Crippen LogP contribution in [0.2, 0.25) is 0 Å². The van der Waals surface area contributed by atoms with E-state index in [0.717, 1.165) is 12.2 Å². The molecule has 2 amide bonds. The highest BCUT2D eigenvalue weighted by Gasteiger charge is 2.42. The number of hydrogen-bond donors (Lipinski definition) is 4. The van der Waals surface area contributed by atoms with Crippen LogP contribution in [0.5, 0.6) is 0 Å². The Balaban J connectivity index is 1.75. The van der Waals surface area contributed by atoms with Gasteiger partial charge in [-0.25, -0.2) is 9.59 Å². The van der Waals surface area contributed by atoms with E-state index in [0.29, 0.717) is 18.1 Å². The van der Waals surface area contributed by atoms with Crippen LogP contribution in [0, 0.1) is 5.41 Å². The van der Waals surface area contributed by atoms with Crippen LogP contribution >= 0.6 is 11.8 Å². The van der Waals surface area contributed by atoms with E-state index < -0.39 is 5.97 Å². The third kappa shape index (κ3) is 2.71. The molecule has 0 radical (unpaired) electrons. The first-order valence-corrected chi connectivity index (χ1v) is 6.62. The van der Waals surface area contributed by atoms with Crippen LogP contribution in [0.15, 0.2) is 0 Å². The zero-order valence-corrected chi connectivity index (χ0v) is 10.0. The molecule has 2 aliphatic heterocycles. The lowest BCUT2D eigenvalue weighted by atomic mass is 10.0. The highest BCUT2D eigenvalue weighted by atomic mass is 32.2. The van der Waals surface area contributed by atoms with Crippen LogP contribution in [0.3, 0.4) is 0 Å². The highest BCUT2D eigenvalue weighted by Crippen LogP contribution is 2.32. The number of amides is 2. The number of hydrogen-bond acceptors (Lipinski definition) is 4. The molecule has 2 fully saturated rings. The first-order valence-electron chi connectivity index (χ1n) is 5.57. The van der Waals surface area contributed by atoms with E-state index in [1.54, 1.807) is 11.8 Å². The Labute approximate surface area is 103 Å². The third-order valence-electron chi connectivity index (χ3n) is 3.11. The number of fused-ring (bicyclic) bond motifs is 1. The van der Waals surface area contributed by atoms with E-state index in [1.807, 2.05) is 0 Å². The van der Waals surface area contributed by atoms with E-state index in [2.05, 4.69) is 10.6 Å². The van der Waals surface area contributed by atoms with Gasteiger partial charge in [0, 0.05) is 11.0 Å². The molecule has 17 heavy (non-hydrogen) atoms. The Kier molecular flexibility index (Phi) is 3.56. The molecule has 0 saturated carbocycles. The fraction of sp³-hybridized carbons (Fsp3) is 0.700. The van der Waals surface area contributed by atoms with Crippen LogP contribution in [-0.2, 0) is 4.79 Å². The molecule has 0 unspecified atom stereocenters. The van der Waals surface area contributed by atoms with Crippen LogP contribution < -0.4 is 10.6 Å². The lowest BCUT2D eigenvalue weighted by Gasteiger charge is -2.16. The maximum atomic E-state index is 11.1. The number of aliphatic carboxylic acids is 1. The van der Waals surface area contributed by atoms with Gasteiger partial charge in [-0.1, -0.05) is 0 Å². The van der Waals surface area contributed by atoms with Gasteiger partial charge < -0.3 is 15.7 Å². The maximum absolute atomic E-state index is 11.1. The second-order valence-electron chi connectivity index (χ2n) is 4.30. The summed E-state index contributed by atoms with van der Waals surface area (Å²) in [5.41, 5.74) is -0.238. The number of carbonyl (C=O) groups is 2. The topological polar surface area (TPSA) is 102 Å². The minimum atomic E-state index is -1.14. The van der Waals surface area contributed by atoms with E-state index in [1.165, 1.54) is 0 Å². The quantitative estimate of drug-likeness (QED) is 0.424. The molecule has 2 saturated heterocycles. The van der Waals surface area contributed by atoms with Crippen LogP contribution in [0.4, 0.5) is 4.79 Å². The average Bonchev–Trinajstić information content (AvgIpc) is 2.78. The summed E-state index contributed by atoms with van der Waals surface area (Å²) in [6.07, 6.45) is 1.82. The maximum Gasteiger partial charge on any atom is 0.349 e. The molecule has 2 rings (SSSR count). The number of carbonyl (C=O) groups excluding carboxylic acids is 1. The smallest absolute Gasteiger partial charge is 0.349 e. The van der Waals surface area contributed by atoms with E-state index in [-0.39, 0.29) is 23.8 Å². The molecule has 0 aliphatic carbocycles. The molecular formula is C10H15N3O3S. The van der Waals surface area contributed by atoms with Crippen molar-refractivity contribution in [3.05, 3.63) is 0 Å². The normalized spacial score (nSPS) is 30.6. The van der Waals surface area contributed by atoms with Gasteiger partial charge in [-0.15, -0.1) is 0 Å². The lowest BCUT2D eigenvalue weighted by Crippen LogP contribution is -2.36. The fourth-order valence-corrected chi connectivity index (χ4v) is 3.77. The van der Waals surface area contributed by atoms with Crippen molar-refractivity contribution in [2.75, 3.05) is 5.75 Å². The minimum Gasteiger partial charge on any atom is -0.477 e. The minimum absolute atomic E-state index is 0.108. The van der Waals surface area contributed by atoms with Gasteiger partial charge in [0.25, 0.3) is 0 Å². The van der Waals surface area contributed by atoms with Crippen molar-refractivity contribution in [3.63, 3.8) is 0 Å². The summed E-state index contributed by atoms with van der Waals surface area (Å²) >= 11 is 1.80. The van der Waals surface area contributed by atoms with E-state index >= 15 is 0 Å². The molecule has 0 aromatic heterocycles. The summed E-state index contributed by atoms with van der Waals surface area (Å²) in [5.74, 6) is -0.234. The van der Waals surface area contributed by atoms with Crippen molar-refractivity contribution >= 4 is 29.5 Å². The lowest BCUT2D eigenvalue weighted by molar-refractivity contribution is -0.129. The first kappa shape index (κ1) is 12.2. The molecular weight excluding hydrogens is 244 g/mol. The third-order valence-corrected chi connectivity index (χ3v) is 4.62. The molecule has 2 aliphatic rings. The number of carboxylic acid groups (broad SMARTS) is 1. The Morgan fingerprint density at radius 3 is 3.06 bits per heavy atom. The standard InChI is InChI=1S/C10H15N3O3S/c11-5(9(14)15)2-1-3-7-8-6(4-17-7)12-10(16)13-8/h6-8,11H,1-4H2,(H,14,15)(H2,12,13,16)/t6-,7-,8-/m0/s1/i9+2. The number of rotatable bonds is 5. The van der Waals surface area contributed by atoms with Crippen LogP contribution in [0.25, 0.3) is 0 Å². The van der Waals surface area contributed by atoms with E-state index in [9.17, 15) is 9.59 Å². The Hall–Kier alpha value is -1.24. The number of carboxylic acids is 1. The Morgan fingerprint density at radius 1 is 1.59 bits per heavy atom.